The van der Waals surface area contributed by atoms with E-state index in [1.165, 1.54) is 0 Å². The molecule has 4 rings (SSSR count). The molecule has 184 valence electrons. The van der Waals surface area contributed by atoms with Gasteiger partial charge in [0.05, 0.1) is 18.4 Å². The Hall–Kier alpha value is -4.46. The van der Waals surface area contributed by atoms with Crippen LogP contribution < -0.4 is 4.90 Å². The standard InChI is InChI=1S/C28H28N4O4/c1-28(2,3)36-27(34)32(26(33)35-20-22-12-8-5-9-13-22)24-16-14-23(15-17-24)25-19-31(30-29-25)18-21-10-6-4-7-11-21/h4-17,19H,18,20H2,1-3H3. The molecule has 8 nitrogen and oxygen atoms in total. The third kappa shape index (κ3) is 6.56. The van der Waals surface area contributed by atoms with Crippen molar-refractivity contribution in [3.8, 4) is 11.3 Å². The first kappa shape index (κ1) is 24.7. The van der Waals surface area contributed by atoms with Crippen LogP contribution in [0.25, 0.3) is 11.3 Å². The Labute approximate surface area is 210 Å². The molecule has 3 aromatic carbocycles. The molecule has 0 aliphatic carbocycles. The molecule has 0 aliphatic heterocycles. The van der Waals surface area contributed by atoms with Gasteiger partial charge in [0.1, 0.15) is 17.9 Å². The number of amides is 2. The Morgan fingerprint density at radius 3 is 2.06 bits per heavy atom. The zero-order valence-corrected chi connectivity index (χ0v) is 20.5. The zero-order valence-electron chi connectivity index (χ0n) is 20.5. The van der Waals surface area contributed by atoms with Gasteiger partial charge >= 0.3 is 12.2 Å². The Bertz CT molecular complexity index is 1300. The SMILES string of the molecule is CC(C)(C)OC(=O)N(C(=O)OCc1ccccc1)c1ccc(-c2cn(Cc3ccccc3)nn2)cc1. The lowest BCUT2D eigenvalue weighted by Crippen LogP contribution is -2.41. The fraction of sp³-hybridized carbons (Fsp3) is 0.214. The van der Waals surface area contributed by atoms with E-state index in [2.05, 4.69) is 10.3 Å². The molecule has 36 heavy (non-hydrogen) atoms. The van der Waals surface area contributed by atoms with Crippen molar-refractivity contribution in [2.45, 2.75) is 39.5 Å². The minimum Gasteiger partial charge on any atom is -0.444 e. The van der Waals surface area contributed by atoms with Gasteiger partial charge in [-0.25, -0.2) is 14.3 Å². The predicted octanol–water partition coefficient (Wildman–Crippen LogP) is 6.07. The first-order chi connectivity index (χ1) is 17.3. The maximum Gasteiger partial charge on any atom is 0.424 e. The topological polar surface area (TPSA) is 86.5 Å². The molecule has 0 atom stereocenters. The summed E-state index contributed by atoms with van der Waals surface area (Å²) in [5, 5.41) is 8.46. The van der Waals surface area contributed by atoms with Crippen molar-refractivity contribution >= 4 is 17.9 Å². The molecule has 1 heterocycles. The highest BCUT2D eigenvalue weighted by Crippen LogP contribution is 2.24. The van der Waals surface area contributed by atoms with E-state index in [1.807, 2.05) is 66.9 Å². The summed E-state index contributed by atoms with van der Waals surface area (Å²) >= 11 is 0. The Morgan fingerprint density at radius 2 is 1.44 bits per heavy atom. The van der Waals surface area contributed by atoms with E-state index in [9.17, 15) is 9.59 Å². The zero-order chi connectivity index (χ0) is 25.5. The second-order valence-electron chi connectivity index (χ2n) is 9.19. The van der Waals surface area contributed by atoms with Crippen LogP contribution >= 0.6 is 0 Å². The molecule has 0 bridgehead atoms. The van der Waals surface area contributed by atoms with Crippen LogP contribution in [0.4, 0.5) is 15.3 Å². The van der Waals surface area contributed by atoms with Crippen LogP contribution in [-0.4, -0.2) is 32.8 Å². The summed E-state index contributed by atoms with van der Waals surface area (Å²) in [5.74, 6) is 0. The lowest BCUT2D eigenvalue weighted by Gasteiger charge is -2.25. The van der Waals surface area contributed by atoms with Crippen molar-refractivity contribution in [1.29, 1.82) is 0 Å². The number of anilines is 1. The summed E-state index contributed by atoms with van der Waals surface area (Å²) in [6, 6.07) is 26.1. The first-order valence-electron chi connectivity index (χ1n) is 11.6. The van der Waals surface area contributed by atoms with Gasteiger partial charge < -0.3 is 9.47 Å². The number of rotatable bonds is 6. The summed E-state index contributed by atoms with van der Waals surface area (Å²) < 4.78 is 12.6. The molecule has 8 heteroatoms. The van der Waals surface area contributed by atoms with Crippen molar-refractivity contribution in [1.82, 2.24) is 15.0 Å². The third-order valence-corrected chi connectivity index (χ3v) is 5.11. The summed E-state index contributed by atoms with van der Waals surface area (Å²) in [4.78, 5) is 26.8. The number of imide groups is 1. The summed E-state index contributed by atoms with van der Waals surface area (Å²) in [6.45, 7) is 5.84. The number of carbonyl (C=O) groups excluding carboxylic acids is 2. The molecule has 2 amide bonds. The molecule has 0 radical (unpaired) electrons. The van der Waals surface area contributed by atoms with E-state index >= 15 is 0 Å². The van der Waals surface area contributed by atoms with Crippen molar-refractivity contribution < 1.29 is 19.1 Å². The summed E-state index contributed by atoms with van der Waals surface area (Å²) in [6.07, 6.45) is 0.207. The monoisotopic (exact) mass is 484 g/mol. The fourth-order valence-corrected chi connectivity index (χ4v) is 3.44. The molecule has 0 saturated heterocycles. The number of nitrogens with zero attached hydrogens (tertiary/aromatic N) is 4. The van der Waals surface area contributed by atoms with Crippen molar-refractivity contribution in [2.24, 2.45) is 0 Å². The molecular weight excluding hydrogens is 456 g/mol. The number of hydrogen-bond acceptors (Lipinski definition) is 6. The highest BCUT2D eigenvalue weighted by Gasteiger charge is 2.30. The Morgan fingerprint density at radius 1 is 0.833 bits per heavy atom. The molecular formula is C28H28N4O4. The molecule has 4 aromatic rings. The van der Waals surface area contributed by atoms with E-state index < -0.39 is 17.8 Å². The Balaban J connectivity index is 1.51. The number of benzene rings is 3. The van der Waals surface area contributed by atoms with E-state index in [4.69, 9.17) is 9.47 Å². The van der Waals surface area contributed by atoms with Gasteiger partial charge in [0.2, 0.25) is 0 Å². The van der Waals surface area contributed by atoms with E-state index in [0.717, 1.165) is 21.6 Å². The second kappa shape index (κ2) is 10.9. The average Bonchev–Trinajstić information content (AvgIpc) is 3.32. The van der Waals surface area contributed by atoms with Crippen LogP contribution in [0, 0.1) is 0 Å². The molecule has 0 fully saturated rings. The van der Waals surface area contributed by atoms with Gasteiger partial charge in [0.15, 0.2) is 0 Å². The van der Waals surface area contributed by atoms with Gasteiger partial charge in [-0.2, -0.15) is 4.90 Å². The van der Waals surface area contributed by atoms with Crippen LogP contribution in [0.15, 0.2) is 91.1 Å². The van der Waals surface area contributed by atoms with Crippen LogP contribution in [0.5, 0.6) is 0 Å². The molecule has 0 saturated carbocycles. The van der Waals surface area contributed by atoms with E-state index in [0.29, 0.717) is 17.9 Å². The minimum atomic E-state index is -0.824. The smallest absolute Gasteiger partial charge is 0.424 e. The fourth-order valence-electron chi connectivity index (χ4n) is 3.44. The maximum atomic E-state index is 13.0. The lowest BCUT2D eigenvalue weighted by atomic mass is 10.1. The summed E-state index contributed by atoms with van der Waals surface area (Å²) in [7, 11) is 0. The molecule has 0 N–H and O–H groups in total. The van der Waals surface area contributed by atoms with Crippen LogP contribution in [0.1, 0.15) is 31.9 Å². The first-order valence-corrected chi connectivity index (χ1v) is 11.6. The van der Waals surface area contributed by atoms with Crippen molar-refractivity contribution in [3.05, 3.63) is 102 Å². The van der Waals surface area contributed by atoms with Gasteiger partial charge in [-0.15, -0.1) is 5.10 Å². The van der Waals surface area contributed by atoms with Gasteiger partial charge in [0.25, 0.3) is 0 Å². The highest BCUT2D eigenvalue weighted by molar-refractivity contribution is 6.09. The number of carbonyl (C=O) groups is 2. The normalized spacial score (nSPS) is 11.1. The minimum absolute atomic E-state index is 0.0293. The van der Waals surface area contributed by atoms with E-state index in [1.54, 1.807) is 49.7 Å². The molecule has 0 spiro atoms. The van der Waals surface area contributed by atoms with Gasteiger partial charge in [0, 0.05) is 5.56 Å². The van der Waals surface area contributed by atoms with Crippen molar-refractivity contribution in [2.75, 3.05) is 4.90 Å². The molecule has 1 aromatic heterocycles. The Kier molecular flexibility index (Phi) is 7.44. The van der Waals surface area contributed by atoms with Gasteiger partial charge in [-0.05, 0) is 44.0 Å². The molecule has 0 unspecified atom stereocenters. The van der Waals surface area contributed by atoms with Crippen LogP contribution in [0.3, 0.4) is 0 Å². The van der Waals surface area contributed by atoms with Gasteiger partial charge in [-0.1, -0.05) is 78.0 Å². The lowest BCUT2D eigenvalue weighted by molar-refractivity contribution is 0.0565. The number of ether oxygens (including phenoxy) is 2. The second-order valence-corrected chi connectivity index (χ2v) is 9.19. The van der Waals surface area contributed by atoms with E-state index in [-0.39, 0.29) is 6.61 Å². The largest absolute Gasteiger partial charge is 0.444 e. The number of hydrogen-bond donors (Lipinski definition) is 0. The predicted molar refractivity (Wildman–Crippen MR) is 136 cm³/mol. The third-order valence-electron chi connectivity index (χ3n) is 5.11. The van der Waals surface area contributed by atoms with Gasteiger partial charge in [-0.3, -0.25) is 0 Å². The summed E-state index contributed by atoms with van der Waals surface area (Å²) in [5.41, 5.74) is 2.93. The van der Waals surface area contributed by atoms with Crippen LogP contribution in [-0.2, 0) is 22.6 Å². The maximum absolute atomic E-state index is 13.0. The molecule has 0 aliphatic rings. The van der Waals surface area contributed by atoms with Crippen LogP contribution in [0.2, 0.25) is 0 Å². The highest BCUT2D eigenvalue weighted by atomic mass is 16.6. The number of aromatic nitrogens is 3. The average molecular weight is 485 g/mol. The van der Waals surface area contributed by atoms with Crippen molar-refractivity contribution in [3.63, 3.8) is 0 Å². The quantitative estimate of drug-likeness (QED) is 0.330.